The van der Waals surface area contributed by atoms with E-state index in [0.717, 1.165) is 42.2 Å². The number of para-hydroxylation sites is 1. The van der Waals surface area contributed by atoms with E-state index in [1.165, 1.54) is 43.5 Å². The summed E-state index contributed by atoms with van der Waals surface area (Å²) in [4.78, 5) is 31.9. The summed E-state index contributed by atoms with van der Waals surface area (Å²) >= 11 is 1.41. The molecule has 0 unspecified atom stereocenters. The first kappa shape index (κ1) is 30.5. The molecule has 216 valence electrons. The van der Waals surface area contributed by atoms with Crippen LogP contribution >= 0.6 is 11.8 Å². The number of halogens is 1. The first-order chi connectivity index (χ1) is 20.0. The van der Waals surface area contributed by atoms with Gasteiger partial charge in [-0.15, -0.1) is 0 Å². The van der Waals surface area contributed by atoms with E-state index in [4.69, 9.17) is 0 Å². The number of fused-ring (bicyclic) bond motifs is 1. The van der Waals surface area contributed by atoms with Crippen molar-refractivity contribution in [2.45, 2.75) is 57.4 Å². The van der Waals surface area contributed by atoms with Crippen LogP contribution in [0.2, 0.25) is 0 Å². The Morgan fingerprint density at radius 1 is 0.902 bits per heavy atom. The third kappa shape index (κ3) is 8.54. The third-order valence-corrected chi connectivity index (χ3v) is 8.26. The van der Waals surface area contributed by atoms with Crippen LogP contribution in [0.25, 0.3) is 6.08 Å². The number of nitrogens with one attached hydrogen (secondary N) is 1. The molecule has 0 saturated heterocycles. The lowest BCUT2D eigenvalue weighted by atomic mass is 10.1. The zero-order valence-corrected chi connectivity index (χ0v) is 24.9. The van der Waals surface area contributed by atoms with Gasteiger partial charge in [0.25, 0.3) is 11.8 Å². The second kappa shape index (κ2) is 15.5. The zero-order valence-electron chi connectivity index (χ0n) is 24.1. The van der Waals surface area contributed by atoms with Crippen molar-refractivity contribution in [2.24, 2.45) is 0 Å². The van der Waals surface area contributed by atoms with Crippen LogP contribution in [0.1, 0.15) is 67.4 Å². The summed E-state index contributed by atoms with van der Waals surface area (Å²) in [6.45, 7) is 8.46. The molecule has 1 N–H and O–H groups in total. The van der Waals surface area contributed by atoms with Crippen LogP contribution in [0.15, 0.2) is 82.6 Å². The molecule has 1 aliphatic rings. The standard InChI is InChI=1S/C34H40FN3O2S/c1-3-5-21-37(22-6-4-2)23-11-20-36-33(39)27-18-16-26(17-19-27)24-32-34(40)38(25-28-12-7-8-13-29(28)35)30-14-9-10-15-31(30)41-32/h7-10,12-19,24H,3-6,11,20-23,25H2,1-2H3,(H,36,39). The van der Waals surface area contributed by atoms with Gasteiger partial charge in [-0.1, -0.05) is 80.9 Å². The minimum Gasteiger partial charge on any atom is -0.352 e. The van der Waals surface area contributed by atoms with Crippen LogP contribution in [0.5, 0.6) is 0 Å². The highest BCUT2D eigenvalue weighted by atomic mass is 32.2. The molecule has 1 aliphatic heterocycles. The van der Waals surface area contributed by atoms with Gasteiger partial charge in [0.2, 0.25) is 0 Å². The highest BCUT2D eigenvalue weighted by Crippen LogP contribution is 2.42. The lowest BCUT2D eigenvalue weighted by Crippen LogP contribution is -2.34. The van der Waals surface area contributed by atoms with Gasteiger partial charge in [-0.3, -0.25) is 9.59 Å². The Morgan fingerprint density at radius 3 is 2.27 bits per heavy atom. The molecule has 41 heavy (non-hydrogen) atoms. The minimum atomic E-state index is -0.333. The average molecular weight is 574 g/mol. The Balaban J connectivity index is 1.38. The Labute approximate surface area is 247 Å². The summed E-state index contributed by atoms with van der Waals surface area (Å²) in [5, 5.41) is 3.04. The minimum absolute atomic E-state index is 0.0917. The predicted octanol–water partition coefficient (Wildman–Crippen LogP) is 7.53. The smallest absolute Gasteiger partial charge is 0.265 e. The molecular formula is C34H40FN3O2S. The van der Waals surface area contributed by atoms with Crippen molar-refractivity contribution in [2.75, 3.05) is 31.1 Å². The van der Waals surface area contributed by atoms with Gasteiger partial charge in [0.15, 0.2) is 0 Å². The van der Waals surface area contributed by atoms with E-state index in [0.29, 0.717) is 22.6 Å². The maximum Gasteiger partial charge on any atom is 0.265 e. The number of anilines is 1. The van der Waals surface area contributed by atoms with Gasteiger partial charge >= 0.3 is 0 Å². The topological polar surface area (TPSA) is 52.7 Å². The van der Waals surface area contributed by atoms with Gasteiger partial charge in [0.1, 0.15) is 5.82 Å². The summed E-state index contributed by atoms with van der Waals surface area (Å²) in [5.74, 6) is -0.600. The molecule has 0 bridgehead atoms. The van der Waals surface area contributed by atoms with Crippen LogP contribution in [0.3, 0.4) is 0 Å². The summed E-state index contributed by atoms with van der Waals surface area (Å²) < 4.78 is 14.4. The van der Waals surface area contributed by atoms with Crippen molar-refractivity contribution in [3.8, 4) is 0 Å². The Hall–Kier alpha value is -3.42. The van der Waals surface area contributed by atoms with Crippen molar-refractivity contribution in [3.05, 3.63) is 100 Å². The molecular weight excluding hydrogens is 533 g/mol. The van der Waals surface area contributed by atoms with Crippen LogP contribution in [0, 0.1) is 5.82 Å². The molecule has 3 aromatic rings. The highest BCUT2D eigenvalue weighted by molar-refractivity contribution is 8.04. The molecule has 4 rings (SSSR count). The van der Waals surface area contributed by atoms with E-state index in [-0.39, 0.29) is 24.2 Å². The molecule has 0 radical (unpaired) electrons. The number of rotatable bonds is 14. The van der Waals surface area contributed by atoms with Gasteiger partial charge in [0, 0.05) is 22.6 Å². The quantitative estimate of drug-likeness (QED) is 0.160. The molecule has 1 heterocycles. The van der Waals surface area contributed by atoms with Crippen LogP contribution in [-0.4, -0.2) is 42.9 Å². The molecule has 0 aliphatic carbocycles. The van der Waals surface area contributed by atoms with E-state index in [2.05, 4.69) is 24.1 Å². The second-order valence-electron chi connectivity index (χ2n) is 10.3. The number of hydrogen-bond acceptors (Lipinski definition) is 4. The first-order valence-corrected chi connectivity index (χ1v) is 15.5. The summed E-state index contributed by atoms with van der Waals surface area (Å²) in [6.07, 6.45) is 7.56. The summed E-state index contributed by atoms with van der Waals surface area (Å²) in [6, 6.07) is 21.5. The number of benzene rings is 3. The van der Waals surface area contributed by atoms with E-state index in [1.54, 1.807) is 35.2 Å². The number of carbonyl (C=O) groups excluding carboxylic acids is 2. The van der Waals surface area contributed by atoms with Gasteiger partial charge < -0.3 is 15.1 Å². The monoisotopic (exact) mass is 573 g/mol. The van der Waals surface area contributed by atoms with Gasteiger partial charge in [-0.05, 0) is 80.9 Å². The maximum atomic E-state index is 14.4. The van der Waals surface area contributed by atoms with Gasteiger partial charge in [-0.25, -0.2) is 4.39 Å². The number of amides is 2. The molecule has 2 amide bonds. The zero-order chi connectivity index (χ0) is 29.0. The van der Waals surface area contributed by atoms with Crippen molar-refractivity contribution in [1.82, 2.24) is 10.2 Å². The Bertz CT molecular complexity index is 1330. The Kier molecular flexibility index (Phi) is 11.6. The molecule has 0 saturated carbocycles. The number of hydrogen-bond donors (Lipinski definition) is 1. The lowest BCUT2D eigenvalue weighted by molar-refractivity contribution is -0.114. The van der Waals surface area contributed by atoms with Crippen molar-refractivity contribution < 1.29 is 14.0 Å². The molecule has 0 spiro atoms. The normalized spacial score (nSPS) is 14.0. The molecule has 5 nitrogen and oxygen atoms in total. The number of unbranched alkanes of at least 4 members (excludes halogenated alkanes) is 2. The fourth-order valence-corrected chi connectivity index (χ4v) is 5.86. The molecule has 0 atom stereocenters. The fourth-order valence-electron chi connectivity index (χ4n) is 4.80. The van der Waals surface area contributed by atoms with Crippen LogP contribution in [0.4, 0.5) is 10.1 Å². The largest absolute Gasteiger partial charge is 0.352 e. The predicted molar refractivity (Wildman–Crippen MR) is 168 cm³/mol. The van der Waals surface area contributed by atoms with Crippen molar-refractivity contribution >= 4 is 35.3 Å². The number of thioether (sulfide) groups is 1. The third-order valence-electron chi connectivity index (χ3n) is 7.18. The van der Waals surface area contributed by atoms with Gasteiger partial charge in [0.05, 0.1) is 17.1 Å². The average Bonchev–Trinajstić information content (AvgIpc) is 2.99. The second-order valence-corrected chi connectivity index (χ2v) is 11.4. The lowest BCUT2D eigenvalue weighted by Gasteiger charge is -2.30. The van der Waals surface area contributed by atoms with E-state index in [1.807, 2.05) is 42.5 Å². The van der Waals surface area contributed by atoms with Crippen molar-refractivity contribution in [3.63, 3.8) is 0 Å². The SMILES string of the molecule is CCCCN(CCCC)CCCNC(=O)c1ccc(C=C2Sc3ccccc3N(Cc3ccccc3F)C2=O)cc1. The Morgan fingerprint density at radius 2 is 1.56 bits per heavy atom. The molecule has 0 fully saturated rings. The maximum absolute atomic E-state index is 14.4. The molecule has 3 aromatic carbocycles. The fraction of sp³-hybridized carbons (Fsp3) is 0.353. The van der Waals surface area contributed by atoms with E-state index in [9.17, 15) is 14.0 Å². The summed E-state index contributed by atoms with van der Waals surface area (Å²) in [7, 11) is 0. The summed E-state index contributed by atoms with van der Waals surface area (Å²) in [5.41, 5.74) is 2.65. The highest BCUT2D eigenvalue weighted by Gasteiger charge is 2.29. The van der Waals surface area contributed by atoms with E-state index < -0.39 is 0 Å². The number of carbonyl (C=O) groups is 2. The van der Waals surface area contributed by atoms with E-state index >= 15 is 0 Å². The molecule has 0 aromatic heterocycles. The van der Waals surface area contributed by atoms with Crippen LogP contribution in [-0.2, 0) is 11.3 Å². The van der Waals surface area contributed by atoms with Crippen molar-refractivity contribution in [1.29, 1.82) is 0 Å². The first-order valence-electron chi connectivity index (χ1n) is 14.6. The number of nitrogens with zero attached hydrogens (tertiary/aromatic N) is 2. The van der Waals surface area contributed by atoms with Crippen LogP contribution < -0.4 is 10.2 Å². The molecule has 7 heteroatoms. The van der Waals surface area contributed by atoms with Gasteiger partial charge in [-0.2, -0.15) is 0 Å².